The van der Waals surface area contributed by atoms with Gasteiger partial charge in [-0.05, 0) is 85.4 Å². The Labute approximate surface area is 315 Å². The number of aromatic hydroxyl groups is 1. The normalized spacial score (nSPS) is 13.0. The minimum atomic E-state index is -0.214. The predicted octanol–water partition coefficient (Wildman–Crippen LogP) is 13.9. The third kappa shape index (κ3) is 7.78. The second kappa shape index (κ2) is 13.5. The number of thiazole rings is 1. The molecule has 0 unspecified atom stereocenters. The molecule has 3 nitrogen and oxygen atoms in total. The van der Waals surface area contributed by atoms with Crippen molar-refractivity contribution in [3.63, 3.8) is 0 Å². The molecule has 0 atom stereocenters. The molecule has 4 heteroatoms. The summed E-state index contributed by atoms with van der Waals surface area (Å²) < 4.78 is 1.16. The number of para-hydroxylation sites is 1. The molecule has 6 rings (SSSR count). The number of aliphatic imine (C=N–C) groups is 1. The van der Waals surface area contributed by atoms with Gasteiger partial charge in [0.1, 0.15) is 10.8 Å². The Morgan fingerprint density at radius 1 is 0.558 bits per heavy atom. The van der Waals surface area contributed by atoms with Gasteiger partial charge in [-0.25, -0.2) is 4.98 Å². The Kier molecular flexibility index (Phi) is 9.64. The van der Waals surface area contributed by atoms with E-state index >= 15 is 0 Å². The van der Waals surface area contributed by atoms with E-state index in [0.29, 0.717) is 0 Å². The summed E-state index contributed by atoms with van der Waals surface area (Å²) in [5.74, 6) is 0.286. The number of hydrogen-bond donors (Lipinski definition) is 1. The van der Waals surface area contributed by atoms with E-state index < -0.39 is 0 Å². The first-order chi connectivity index (χ1) is 24.2. The highest BCUT2D eigenvalue weighted by molar-refractivity contribution is 7.21. The van der Waals surface area contributed by atoms with Gasteiger partial charge < -0.3 is 5.11 Å². The topological polar surface area (TPSA) is 45.5 Å². The first kappa shape index (κ1) is 37.2. The van der Waals surface area contributed by atoms with Crippen LogP contribution in [0.4, 0.5) is 5.69 Å². The molecule has 0 amide bonds. The highest BCUT2D eigenvalue weighted by Gasteiger charge is 2.25. The molecule has 0 saturated carbocycles. The molecule has 1 heterocycles. The molecule has 1 N–H and O–H groups in total. The maximum Gasteiger partial charge on any atom is 0.128 e. The van der Waals surface area contributed by atoms with E-state index in [0.717, 1.165) is 48.7 Å². The summed E-state index contributed by atoms with van der Waals surface area (Å²) in [5.41, 5.74) is 12.7. The van der Waals surface area contributed by atoms with Crippen molar-refractivity contribution in [2.75, 3.05) is 0 Å². The molecule has 268 valence electrons. The number of phenols is 1. The van der Waals surface area contributed by atoms with E-state index in [1.165, 1.54) is 27.8 Å². The molecule has 1 aromatic heterocycles. The number of hydrogen-bond acceptors (Lipinski definition) is 4. The highest BCUT2D eigenvalue weighted by atomic mass is 32.1. The van der Waals surface area contributed by atoms with Crippen LogP contribution >= 0.6 is 11.3 Å². The Balaban J connectivity index is 1.42. The van der Waals surface area contributed by atoms with Crippen molar-refractivity contribution < 1.29 is 5.11 Å². The van der Waals surface area contributed by atoms with Gasteiger partial charge in [0.25, 0.3) is 0 Å². The van der Waals surface area contributed by atoms with Crippen LogP contribution in [0.3, 0.4) is 0 Å². The fraction of sp³-hybridized carbons (Fsp3) is 0.333. The van der Waals surface area contributed by atoms with Crippen LogP contribution in [-0.2, 0) is 21.7 Å². The number of aromatic nitrogens is 1. The smallest absolute Gasteiger partial charge is 0.128 e. The monoisotopic (exact) mass is 706 g/mol. The average molecular weight is 707 g/mol. The van der Waals surface area contributed by atoms with Crippen molar-refractivity contribution in [1.29, 1.82) is 0 Å². The number of rotatable bonds is 5. The average Bonchev–Trinajstić information content (AvgIpc) is 3.50. The van der Waals surface area contributed by atoms with Crippen LogP contribution in [0.15, 0.2) is 102 Å². The van der Waals surface area contributed by atoms with Gasteiger partial charge in [-0.2, -0.15) is 0 Å². The van der Waals surface area contributed by atoms with Gasteiger partial charge in [-0.3, -0.25) is 4.99 Å². The number of benzene rings is 5. The van der Waals surface area contributed by atoms with Crippen molar-refractivity contribution in [3.05, 3.63) is 125 Å². The molecule has 0 aliphatic rings. The largest absolute Gasteiger partial charge is 0.507 e. The van der Waals surface area contributed by atoms with Crippen LogP contribution in [0.5, 0.6) is 5.75 Å². The summed E-state index contributed by atoms with van der Waals surface area (Å²) in [6, 6.07) is 34.9. The zero-order valence-electron chi connectivity index (χ0n) is 33.1. The first-order valence-electron chi connectivity index (χ1n) is 18.4. The molecule has 0 aliphatic carbocycles. The van der Waals surface area contributed by atoms with Gasteiger partial charge in [-0.15, -0.1) is 11.3 Å². The quantitative estimate of drug-likeness (QED) is 0.181. The maximum absolute atomic E-state index is 11.4. The highest BCUT2D eigenvalue weighted by Crippen LogP contribution is 2.43. The molecular weight excluding hydrogens is 653 g/mol. The Morgan fingerprint density at radius 2 is 1.10 bits per heavy atom. The molecule has 0 bridgehead atoms. The van der Waals surface area contributed by atoms with E-state index in [2.05, 4.69) is 162 Å². The van der Waals surface area contributed by atoms with Gasteiger partial charge in [0.2, 0.25) is 0 Å². The van der Waals surface area contributed by atoms with E-state index in [4.69, 9.17) is 9.98 Å². The van der Waals surface area contributed by atoms with Crippen molar-refractivity contribution in [1.82, 2.24) is 4.98 Å². The molecular formula is C48H54N2OS. The van der Waals surface area contributed by atoms with Gasteiger partial charge in [-0.1, -0.05) is 150 Å². The Morgan fingerprint density at radius 3 is 1.67 bits per heavy atom. The summed E-state index contributed by atoms with van der Waals surface area (Å²) in [6.45, 7) is 26.6. The van der Waals surface area contributed by atoms with E-state index in [1.54, 1.807) is 11.3 Å². The lowest BCUT2D eigenvalue weighted by molar-refractivity contribution is 0.444. The van der Waals surface area contributed by atoms with Crippen LogP contribution < -0.4 is 0 Å². The molecule has 0 spiro atoms. The molecule has 5 aromatic carbocycles. The molecule has 0 saturated heterocycles. The first-order valence-corrected chi connectivity index (χ1v) is 19.2. The summed E-state index contributed by atoms with van der Waals surface area (Å²) in [7, 11) is 0. The molecule has 6 aromatic rings. The summed E-state index contributed by atoms with van der Waals surface area (Å²) >= 11 is 1.71. The minimum absolute atomic E-state index is 0.0282. The molecule has 0 aliphatic heterocycles. The fourth-order valence-corrected chi connectivity index (χ4v) is 7.53. The third-order valence-corrected chi connectivity index (χ3v) is 11.0. The second-order valence-corrected chi connectivity index (χ2v) is 19.3. The summed E-state index contributed by atoms with van der Waals surface area (Å²) in [4.78, 5) is 10.3. The zero-order chi connectivity index (χ0) is 37.8. The lowest BCUT2D eigenvalue weighted by Crippen LogP contribution is -2.17. The van der Waals surface area contributed by atoms with Gasteiger partial charge in [0.05, 0.1) is 15.9 Å². The van der Waals surface area contributed by atoms with Gasteiger partial charge in [0.15, 0.2) is 0 Å². The summed E-state index contributed by atoms with van der Waals surface area (Å²) in [6.07, 6.45) is 1.81. The fourth-order valence-electron chi connectivity index (χ4n) is 6.47. The van der Waals surface area contributed by atoms with Crippen molar-refractivity contribution in [2.45, 2.75) is 105 Å². The van der Waals surface area contributed by atoms with Crippen LogP contribution in [0.2, 0.25) is 0 Å². The van der Waals surface area contributed by atoms with Crippen LogP contribution in [-0.4, -0.2) is 16.3 Å². The van der Waals surface area contributed by atoms with Crippen LogP contribution in [0, 0.1) is 0 Å². The van der Waals surface area contributed by atoms with Crippen LogP contribution in [0.25, 0.3) is 43.0 Å². The number of fused-ring (bicyclic) bond motifs is 1. The SMILES string of the molecule is CC(C)(C)c1ccc(-c2ccc(-c3cc(C(C)(C)C)cc4sc(-c5ccccc5N=Cc5cc(C(C)(C)C)cc(C(C)(C)C)c5O)nc34)cc2)cc1. The van der Waals surface area contributed by atoms with Crippen LogP contribution in [0.1, 0.15) is 111 Å². The molecule has 0 radical (unpaired) electrons. The number of phenolic OH excluding ortho intramolecular Hbond substituents is 1. The Hall–Kier alpha value is -4.54. The predicted molar refractivity (Wildman–Crippen MR) is 226 cm³/mol. The van der Waals surface area contributed by atoms with Crippen molar-refractivity contribution in [3.8, 4) is 38.6 Å². The van der Waals surface area contributed by atoms with Gasteiger partial charge in [0, 0.05) is 28.5 Å². The van der Waals surface area contributed by atoms with Crippen molar-refractivity contribution in [2.24, 2.45) is 4.99 Å². The van der Waals surface area contributed by atoms with Gasteiger partial charge >= 0.3 is 0 Å². The third-order valence-electron chi connectivity index (χ3n) is 9.93. The maximum atomic E-state index is 11.4. The van der Waals surface area contributed by atoms with Crippen molar-refractivity contribution >= 4 is 33.5 Å². The summed E-state index contributed by atoms with van der Waals surface area (Å²) in [5, 5.41) is 12.3. The van der Waals surface area contributed by atoms with E-state index in [1.807, 2.05) is 24.4 Å². The molecule has 52 heavy (non-hydrogen) atoms. The lowest BCUT2D eigenvalue weighted by atomic mass is 9.79. The lowest BCUT2D eigenvalue weighted by Gasteiger charge is -2.27. The zero-order valence-corrected chi connectivity index (χ0v) is 33.9. The Bertz CT molecular complexity index is 2260. The second-order valence-electron chi connectivity index (χ2n) is 18.3. The number of nitrogens with zero attached hydrogens (tertiary/aromatic N) is 2. The van der Waals surface area contributed by atoms with E-state index in [9.17, 15) is 5.11 Å². The minimum Gasteiger partial charge on any atom is -0.507 e. The standard InChI is InChI=1S/C48H54N2OS/c1-45(2,3)34-23-21-31(22-24-34)30-17-19-32(20-18-30)38-26-36(47(7,8)9)28-41-42(38)50-44(52-41)37-15-13-14-16-40(37)49-29-33-25-35(46(4,5)6)27-39(43(33)51)48(10,11)12/h13-29,51H,1-12H3. The van der Waals surface area contributed by atoms with E-state index in [-0.39, 0.29) is 27.4 Å². The molecule has 0 fully saturated rings.